The fourth-order valence-electron chi connectivity index (χ4n) is 6.85. The van der Waals surface area contributed by atoms with E-state index in [1.54, 1.807) is 4.90 Å². The molecule has 224 valence electrons. The zero-order valence-corrected chi connectivity index (χ0v) is 26.3. The van der Waals surface area contributed by atoms with Crippen molar-refractivity contribution in [2.24, 2.45) is 0 Å². The van der Waals surface area contributed by atoms with E-state index in [9.17, 15) is 4.79 Å². The Morgan fingerprint density at radius 2 is 1.98 bits per heavy atom. The molecule has 0 radical (unpaired) electrons. The quantitative estimate of drug-likeness (QED) is 0.254. The van der Waals surface area contributed by atoms with Gasteiger partial charge in [0.15, 0.2) is 0 Å². The standard InChI is InChI=1S/C33H38BrN7O2/c1-4-30(42)41-18-17-40(20-25(41)19-35-3)32-26-14-16-39(29-13-7-10-23-9-6-12-27(34)31(23)29)21-28(26)36-33(37-32)43-22-24-11-8-15-38(24)5-2/h4,6-7,9-10,12-13,24-25H,1,5,8,11,14-22H2,2H3/t24-,25-/m0/s1. The molecule has 0 unspecified atom stereocenters. The van der Waals surface area contributed by atoms with Crippen LogP contribution in [-0.2, 0) is 17.8 Å². The van der Waals surface area contributed by atoms with Crippen molar-refractivity contribution in [2.45, 2.75) is 44.8 Å². The Morgan fingerprint density at radius 1 is 1.14 bits per heavy atom. The van der Waals surface area contributed by atoms with Gasteiger partial charge in [0.1, 0.15) is 18.5 Å². The van der Waals surface area contributed by atoms with Crippen molar-refractivity contribution in [3.05, 3.63) is 76.2 Å². The SMILES string of the molecule is [C-]#[N+]C[C@H]1CN(c2nc(OC[C@@H]3CCCN3CC)nc3c2CCN(c2cccc4cccc(Br)c24)C3)CCN1C(=O)C=C. The smallest absolute Gasteiger partial charge is 0.318 e. The molecule has 3 aliphatic heterocycles. The van der Waals surface area contributed by atoms with Crippen LogP contribution in [0.15, 0.2) is 53.5 Å². The first-order chi connectivity index (χ1) is 21.0. The van der Waals surface area contributed by atoms with Gasteiger partial charge in [0.05, 0.1) is 12.2 Å². The number of rotatable bonds is 8. The molecule has 43 heavy (non-hydrogen) atoms. The second kappa shape index (κ2) is 12.9. The fourth-order valence-corrected chi connectivity index (χ4v) is 7.43. The Morgan fingerprint density at radius 3 is 2.77 bits per heavy atom. The molecule has 2 saturated heterocycles. The largest absolute Gasteiger partial charge is 0.462 e. The van der Waals surface area contributed by atoms with Crippen LogP contribution in [0.1, 0.15) is 31.0 Å². The van der Waals surface area contributed by atoms with Gasteiger partial charge in [-0.15, -0.1) is 0 Å². The van der Waals surface area contributed by atoms with Gasteiger partial charge in [-0.1, -0.05) is 53.7 Å². The number of likely N-dealkylation sites (N-methyl/N-ethyl adjacent to an activating group) is 1. The number of benzene rings is 2. The lowest BCUT2D eigenvalue weighted by Gasteiger charge is -2.41. The number of carbonyl (C=O) groups is 1. The highest BCUT2D eigenvalue weighted by Crippen LogP contribution is 2.37. The molecule has 9 nitrogen and oxygen atoms in total. The van der Waals surface area contributed by atoms with E-state index in [0.717, 1.165) is 54.0 Å². The molecule has 0 saturated carbocycles. The Balaban J connectivity index is 1.34. The van der Waals surface area contributed by atoms with Gasteiger partial charge in [0, 0.05) is 53.3 Å². The van der Waals surface area contributed by atoms with Crippen LogP contribution in [0.3, 0.4) is 0 Å². The van der Waals surface area contributed by atoms with Crippen molar-refractivity contribution in [1.29, 1.82) is 0 Å². The summed E-state index contributed by atoms with van der Waals surface area (Å²) >= 11 is 3.79. The van der Waals surface area contributed by atoms with E-state index in [1.807, 2.05) is 0 Å². The maximum absolute atomic E-state index is 12.6. The zero-order chi connectivity index (χ0) is 29.9. The summed E-state index contributed by atoms with van der Waals surface area (Å²) < 4.78 is 7.44. The van der Waals surface area contributed by atoms with Crippen LogP contribution in [0.25, 0.3) is 15.6 Å². The van der Waals surface area contributed by atoms with Crippen LogP contribution in [0, 0.1) is 6.57 Å². The van der Waals surface area contributed by atoms with Crippen LogP contribution in [0.4, 0.5) is 11.5 Å². The summed E-state index contributed by atoms with van der Waals surface area (Å²) in [5.41, 5.74) is 3.28. The maximum Gasteiger partial charge on any atom is 0.318 e. The van der Waals surface area contributed by atoms with Crippen LogP contribution < -0.4 is 14.5 Å². The number of halogens is 1. The summed E-state index contributed by atoms with van der Waals surface area (Å²) in [6.45, 7) is 19.5. The molecule has 0 N–H and O–H groups in total. The van der Waals surface area contributed by atoms with Gasteiger partial charge in [-0.25, -0.2) is 6.57 Å². The number of fused-ring (bicyclic) bond motifs is 2. The highest BCUT2D eigenvalue weighted by atomic mass is 79.9. The molecule has 1 aromatic heterocycles. The van der Waals surface area contributed by atoms with E-state index in [2.05, 4.69) is 85.4 Å². The van der Waals surface area contributed by atoms with Gasteiger partial charge >= 0.3 is 6.01 Å². The molecule has 4 heterocycles. The highest BCUT2D eigenvalue weighted by molar-refractivity contribution is 9.10. The number of aromatic nitrogens is 2. The Labute approximate surface area is 262 Å². The average molecular weight is 645 g/mol. The number of piperazine rings is 1. The van der Waals surface area contributed by atoms with Crippen molar-refractivity contribution in [3.63, 3.8) is 0 Å². The Bertz CT molecular complexity index is 1550. The first-order valence-electron chi connectivity index (χ1n) is 15.2. The van der Waals surface area contributed by atoms with Crippen molar-refractivity contribution in [3.8, 4) is 6.01 Å². The Hall–Kier alpha value is -3.68. The van der Waals surface area contributed by atoms with Gasteiger partial charge in [-0.05, 0) is 55.9 Å². The molecule has 0 spiro atoms. The molecule has 2 atom stereocenters. The van der Waals surface area contributed by atoms with Gasteiger partial charge in [-0.3, -0.25) is 9.69 Å². The van der Waals surface area contributed by atoms with Crippen LogP contribution >= 0.6 is 15.9 Å². The minimum Gasteiger partial charge on any atom is -0.462 e. The van der Waals surface area contributed by atoms with Gasteiger partial charge in [0.2, 0.25) is 12.5 Å². The number of nitrogens with zero attached hydrogens (tertiary/aromatic N) is 7. The molecule has 3 aromatic rings. The predicted octanol–water partition coefficient (Wildman–Crippen LogP) is 4.94. The van der Waals surface area contributed by atoms with Crippen LogP contribution in [0.2, 0.25) is 0 Å². The minimum absolute atomic E-state index is 0.129. The number of amides is 1. The number of carbonyl (C=O) groups excluding carboxylic acids is 1. The highest BCUT2D eigenvalue weighted by Gasteiger charge is 2.35. The van der Waals surface area contributed by atoms with Crippen molar-refractivity contribution >= 4 is 44.1 Å². The lowest BCUT2D eigenvalue weighted by Crippen LogP contribution is -2.56. The molecule has 1 amide bonds. The molecular weight excluding hydrogens is 606 g/mol. The second-order valence-corrected chi connectivity index (χ2v) is 12.3. The lowest BCUT2D eigenvalue weighted by molar-refractivity contribution is -0.128. The molecule has 0 aliphatic carbocycles. The monoisotopic (exact) mass is 643 g/mol. The first kappa shape index (κ1) is 29.4. The predicted molar refractivity (Wildman–Crippen MR) is 174 cm³/mol. The average Bonchev–Trinajstić information content (AvgIpc) is 3.50. The molecule has 0 bridgehead atoms. The van der Waals surface area contributed by atoms with Crippen LogP contribution in [-0.4, -0.2) is 90.2 Å². The van der Waals surface area contributed by atoms with Gasteiger partial charge in [0.25, 0.3) is 0 Å². The second-order valence-electron chi connectivity index (χ2n) is 11.5. The summed E-state index contributed by atoms with van der Waals surface area (Å²) in [5.74, 6) is 0.745. The van der Waals surface area contributed by atoms with E-state index >= 15 is 0 Å². The van der Waals surface area contributed by atoms with Crippen molar-refractivity contribution < 1.29 is 9.53 Å². The van der Waals surface area contributed by atoms with Crippen molar-refractivity contribution in [1.82, 2.24) is 19.8 Å². The van der Waals surface area contributed by atoms with Crippen molar-refractivity contribution in [2.75, 3.05) is 62.2 Å². The third-order valence-corrected chi connectivity index (χ3v) is 9.71. The number of likely N-dealkylation sites (tertiary alicyclic amines) is 1. The number of ether oxygens (including phenoxy) is 1. The summed E-state index contributed by atoms with van der Waals surface area (Å²) in [6, 6.07) is 13.3. The fraction of sp³-hybridized carbons (Fsp3) is 0.455. The summed E-state index contributed by atoms with van der Waals surface area (Å²) in [7, 11) is 0. The number of hydrogen-bond donors (Lipinski definition) is 0. The molecule has 2 fully saturated rings. The number of anilines is 2. The van der Waals surface area contributed by atoms with E-state index in [4.69, 9.17) is 21.3 Å². The van der Waals surface area contributed by atoms with E-state index in [0.29, 0.717) is 44.8 Å². The zero-order valence-electron chi connectivity index (χ0n) is 24.7. The van der Waals surface area contributed by atoms with Gasteiger partial charge in [-0.2, -0.15) is 9.97 Å². The molecular formula is C33H38BrN7O2. The minimum atomic E-state index is -0.226. The topological polar surface area (TPSA) is 69.4 Å². The van der Waals surface area contributed by atoms with E-state index in [1.165, 1.54) is 29.0 Å². The molecule has 3 aliphatic rings. The summed E-state index contributed by atoms with van der Waals surface area (Å²) in [4.78, 5) is 35.1. The normalized spacial score (nSPS) is 20.6. The van der Waals surface area contributed by atoms with E-state index in [-0.39, 0.29) is 18.5 Å². The van der Waals surface area contributed by atoms with Crippen LogP contribution in [0.5, 0.6) is 6.01 Å². The summed E-state index contributed by atoms with van der Waals surface area (Å²) in [5, 5.41) is 2.39. The summed E-state index contributed by atoms with van der Waals surface area (Å²) in [6.07, 6.45) is 4.43. The molecule has 6 rings (SSSR count). The van der Waals surface area contributed by atoms with E-state index < -0.39 is 0 Å². The number of hydrogen-bond acceptors (Lipinski definition) is 7. The third kappa shape index (κ3) is 5.93. The molecule has 2 aromatic carbocycles. The first-order valence-corrected chi connectivity index (χ1v) is 16.0. The van der Waals surface area contributed by atoms with Gasteiger partial charge < -0.3 is 24.3 Å². The third-order valence-electron chi connectivity index (χ3n) is 9.05. The Kier molecular flexibility index (Phi) is 8.82. The molecule has 10 heteroatoms. The lowest BCUT2D eigenvalue weighted by atomic mass is 10.0. The maximum atomic E-state index is 12.6.